The number of ether oxygens (including phenoxy) is 1. The van der Waals surface area contributed by atoms with Gasteiger partial charge in [0.05, 0.1) is 6.10 Å². The van der Waals surface area contributed by atoms with Gasteiger partial charge in [0.15, 0.2) is 0 Å². The minimum Gasteiger partial charge on any atom is -0.492 e. The maximum atomic E-state index is 10.0. The first kappa shape index (κ1) is 15.5. The number of hydrogen-bond donors (Lipinski definition) is 2. The zero-order valence-electron chi connectivity index (χ0n) is 12.7. The third-order valence-corrected chi connectivity index (χ3v) is 3.46. The van der Waals surface area contributed by atoms with E-state index in [0.29, 0.717) is 19.7 Å². The number of aliphatic hydroxyl groups excluding tert-OH is 1. The Bertz CT molecular complexity index is 534. The van der Waals surface area contributed by atoms with Crippen molar-refractivity contribution in [3.05, 3.63) is 65.2 Å². The molecule has 112 valence electrons. The van der Waals surface area contributed by atoms with Crippen LogP contribution in [0.3, 0.4) is 0 Å². The van der Waals surface area contributed by atoms with E-state index in [9.17, 15) is 5.11 Å². The molecule has 0 saturated heterocycles. The van der Waals surface area contributed by atoms with Crippen molar-refractivity contribution in [3.8, 4) is 5.75 Å². The van der Waals surface area contributed by atoms with Gasteiger partial charge < -0.3 is 15.2 Å². The van der Waals surface area contributed by atoms with Crippen LogP contribution in [0.5, 0.6) is 5.75 Å². The van der Waals surface area contributed by atoms with Crippen LogP contribution in [0, 0.1) is 13.8 Å². The van der Waals surface area contributed by atoms with Crippen LogP contribution in [0.25, 0.3) is 0 Å². The van der Waals surface area contributed by atoms with Gasteiger partial charge in [-0.25, -0.2) is 0 Å². The lowest BCUT2D eigenvalue weighted by molar-refractivity contribution is 0.172. The van der Waals surface area contributed by atoms with Crippen LogP contribution in [-0.2, 0) is 0 Å². The highest BCUT2D eigenvalue weighted by Crippen LogP contribution is 2.21. The van der Waals surface area contributed by atoms with Gasteiger partial charge in [0.25, 0.3) is 0 Å². The molecule has 1 unspecified atom stereocenters. The zero-order chi connectivity index (χ0) is 15.1. The van der Waals surface area contributed by atoms with Gasteiger partial charge in [-0.1, -0.05) is 48.5 Å². The summed E-state index contributed by atoms with van der Waals surface area (Å²) in [4.78, 5) is 0. The predicted molar refractivity (Wildman–Crippen MR) is 85.7 cm³/mol. The first-order valence-corrected chi connectivity index (χ1v) is 7.31. The molecular weight excluding hydrogens is 262 g/mol. The van der Waals surface area contributed by atoms with Crippen LogP contribution in [0.15, 0.2) is 48.5 Å². The van der Waals surface area contributed by atoms with Gasteiger partial charge in [0.2, 0.25) is 0 Å². The molecule has 21 heavy (non-hydrogen) atoms. The van der Waals surface area contributed by atoms with Gasteiger partial charge >= 0.3 is 0 Å². The second-order valence-corrected chi connectivity index (χ2v) is 5.20. The highest BCUT2D eigenvalue weighted by Gasteiger charge is 2.06. The number of nitrogens with one attached hydrogen (secondary N) is 1. The van der Waals surface area contributed by atoms with Gasteiger partial charge in [-0.05, 0) is 30.5 Å². The van der Waals surface area contributed by atoms with Crippen LogP contribution in [-0.4, -0.2) is 24.8 Å². The van der Waals surface area contributed by atoms with Crippen LogP contribution in [0.2, 0.25) is 0 Å². The molecule has 0 amide bonds. The smallest absolute Gasteiger partial charge is 0.125 e. The van der Waals surface area contributed by atoms with Crippen molar-refractivity contribution >= 4 is 0 Å². The van der Waals surface area contributed by atoms with Crippen LogP contribution < -0.4 is 10.1 Å². The molecular formula is C18H23NO2. The fourth-order valence-electron chi connectivity index (χ4n) is 2.28. The Balaban J connectivity index is 1.71. The first-order valence-electron chi connectivity index (χ1n) is 7.31. The number of hydrogen-bond acceptors (Lipinski definition) is 3. The zero-order valence-corrected chi connectivity index (χ0v) is 12.7. The molecule has 2 N–H and O–H groups in total. The van der Waals surface area contributed by atoms with Crippen molar-refractivity contribution in [2.45, 2.75) is 20.0 Å². The maximum absolute atomic E-state index is 10.0. The summed E-state index contributed by atoms with van der Waals surface area (Å²) in [5, 5.41) is 13.2. The molecule has 0 aromatic heterocycles. The third kappa shape index (κ3) is 4.59. The normalized spacial score (nSPS) is 12.1. The number of rotatable bonds is 7. The van der Waals surface area contributed by atoms with E-state index in [0.717, 1.165) is 22.4 Å². The lowest BCUT2D eigenvalue weighted by atomic mass is 10.1. The average Bonchev–Trinajstić information content (AvgIpc) is 2.50. The van der Waals surface area contributed by atoms with Crippen molar-refractivity contribution in [2.75, 3.05) is 19.7 Å². The molecule has 3 nitrogen and oxygen atoms in total. The SMILES string of the molecule is Cc1cccc(C)c1OCCNCC(O)c1ccccc1. The molecule has 0 radical (unpaired) electrons. The van der Waals surface area contributed by atoms with Gasteiger partial charge in [-0.3, -0.25) is 0 Å². The van der Waals surface area contributed by atoms with Gasteiger partial charge in [0, 0.05) is 13.1 Å². The second-order valence-electron chi connectivity index (χ2n) is 5.20. The summed E-state index contributed by atoms with van der Waals surface area (Å²) in [6.07, 6.45) is -0.480. The lowest BCUT2D eigenvalue weighted by Gasteiger charge is -2.14. The Morgan fingerprint density at radius 3 is 2.33 bits per heavy atom. The highest BCUT2D eigenvalue weighted by atomic mass is 16.5. The standard InChI is InChI=1S/C18H23NO2/c1-14-7-6-8-15(2)18(14)21-12-11-19-13-17(20)16-9-4-3-5-10-16/h3-10,17,19-20H,11-13H2,1-2H3. The lowest BCUT2D eigenvalue weighted by Crippen LogP contribution is -2.26. The van der Waals surface area contributed by atoms with E-state index in [1.807, 2.05) is 36.4 Å². The van der Waals surface area contributed by atoms with Crippen molar-refractivity contribution in [3.63, 3.8) is 0 Å². The van der Waals surface area contributed by atoms with Crippen LogP contribution in [0.1, 0.15) is 22.8 Å². The molecule has 0 spiro atoms. The van der Waals surface area contributed by atoms with Crippen LogP contribution >= 0.6 is 0 Å². The van der Waals surface area contributed by atoms with E-state index in [-0.39, 0.29) is 0 Å². The Morgan fingerprint density at radius 2 is 1.67 bits per heavy atom. The monoisotopic (exact) mass is 285 g/mol. The Kier molecular flexibility index (Phi) is 5.78. The highest BCUT2D eigenvalue weighted by molar-refractivity contribution is 5.39. The first-order chi connectivity index (χ1) is 10.2. The molecule has 2 rings (SSSR count). The molecule has 0 fully saturated rings. The molecule has 2 aromatic carbocycles. The van der Waals surface area contributed by atoms with E-state index in [1.54, 1.807) is 0 Å². The molecule has 0 aliphatic rings. The molecule has 0 saturated carbocycles. The number of aliphatic hydroxyl groups is 1. The molecule has 0 bridgehead atoms. The maximum Gasteiger partial charge on any atom is 0.125 e. The fourth-order valence-corrected chi connectivity index (χ4v) is 2.28. The quantitative estimate of drug-likeness (QED) is 0.768. The van der Waals surface area contributed by atoms with Crippen molar-refractivity contribution in [2.24, 2.45) is 0 Å². The van der Waals surface area contributed by atoms with E-state index in [4.69, 9.17) is 4.74 Å². The molecule has 0 heterocycles. The number of para-hydroxylation sites is 1. The molecule has 2 aromatic rings. The predicted octanol–water partition coefficient (Wildman–Crippen LogP) is 3.01. The van der Waals surface area contributed by atoms with Gasteiger partial charge in [-0.15, -0.1) is 0 Å². The van der Waals surface area contributed by atoms with E-state index < -0.39 is 6.10 Å². The van der Waals surface area contributed by atoms with E-state index in [2.05, 4.69) is 31.3 Å². The average molecular weight is 285 g/mol. The fraction of sp³-hybridized carbons (Fsp3) is 0.333. The number of aryl methyl sites for hydroxylation is 2. The Labute approximate surface area is 126 Å². The molecule has 1 atom stereocenters. The van der Waals surface area contributed by atoms with Crippen molar-refractivity contribution < 1.29 is 9.84 Å². The number of benzene rings is 2. The topological polar surface area (TPSA) is 41.5 Å². The van der Waals surface area contributed by atoms with E-state index in [1.165, 1.54) is 0 Å². The van der Waals surface area contributed by atoms with Crippen molar-refractivity contribution in [1.29, 1.82) is 0 Å². The summed E-state index contributed by atoms with van der Waals surface area (Å²) in [5.41, 5.74) is 3.24. The minimum atomic E-state index is -0.480. The second kappa shape index (κ2) is 7.81. The van der Waals surface area contributed by atoms with Crippen molar-refractivity contribution in [1.82, 2.24) is 5.32 Å². The molecule has 3 heteroatoms. The summed E-state index contributed by atoms with van der Waals surface area (Å²) in [7, 11) is 0. The van der Waals surface area contributed by atoms with E-state index >= 15 is 0 Å². The summed E-state index contributed by atoms with van der Waals surface area (Å²) in [5.74, 6) is 0.961. The molecule has 0 aliphatic carbocycles. The largest absolute Gasteiger partial charge is 0.492 e. The summed E-state index contributed by atoms with van der Waals surface area (Å²) >= 11 is 0. The Hall–Kier alpha value is -1.84. The minimum absolute atomic E-state index is 0.480. The Morgan fingerprint density at radius 1 is 1.00 bits per heavy atom. The summed E-state index contributed by atoms with van der Waals surface area (Å²) in [6, 6.07) is 15.8. The summed E-state index contributed by atoms with van der Waals surface area (Å²) in [6.45, 7) is 5.93. The van der Waals surface area contributed by atoms with Gasteiger partial charge in [-0.2, -0.15) is 0 Å². The van der Waals surface area contributed by atoms with Gasteiger partial charge in [0.1, 0.15) is 12.4 Å². The third-order valence-electron chi connectivity index (χ3n) is 3.46. The van der Waals surface area contributed by atoms with Crippen LogP contribution in [0.4, 0.5) is 0 Å². The molecule has 0 aliphatic heterocycles. The summed E-state index contributed by atoms with van der Waals surface area (Å²) < 4.78 is 5.81.